The van der Waals surface area contributed by atoms with Gasteiger partial charge in [-0.2, -0.15) is 0 Å². The van der Waals surface area contributed by atoms with E-state index in [1.54, 1.807) is 0 Å². The Kier molecular flexibility index (Phi) is 4.58. The minimum Gasteiger partial charge on any atom is -0.309 e. The monoisotopic (exact) mass is 288 g/mol. The zero-order valence-corrected chi connectivity index (χ0v) is 13.3. The van der Waals surface area contributed by atoms with Gasteiger partial charge in [-0.1, -0.05) is 13.8 Å². The maximum absolute atomic E-state index is 11.9. The van der Waals surface area contributed by atoms with E-state index in [0.717, 1.165) is 38.8 Å². The normalized spacial score (nSPS) is 40.2. The van der Waals surface area contributed by atoms with E-state index in [0.29, 0.717) is 17.5 Å². The van der Waals surface area contributed by atoms with E-state index < -0.39 is 9.84 Å². The number of hydrogen-bond donors (Lipinski definition) is 1. The minimum atomic E-state index is -2.82. The molecule has 2 rings (SSSR count). The lowest BCUT2D eigenvalue weighted by atomic mass is 9.91. The van der Waals surface area contributed by atoms with Crippen molar-refractivity contribution in [3.05, 3.63) is 0 Å². The summed E-state index contributed by atoms with van der Waals surface area (Å²) in [6.45, 7) is 8.61. The second kappa shape index (κ2) is 5.70. The Labute approximate surface area is 117 Å². The molecule has 4 nitrogen and oxygen atoms in total. The summed E-state index contributed by atoms with van der Waals surface area (Å²) >= 11 is 0. The third kappa shape index (κ3) is 3.50. The maximum Gasteiger partial charge on any atom is 0.151 e. The molecule has 19 heavy (non-hydrogen) atoms. The van der Waals surface area contributed by atoms with Crippen LogP contribution in [0.4, 0.5) is 0 Å². The van der Waals surface area contributed by atoms with Gasteiger partial charge >= 0.3 is 0 Å². The topological polar surface area (TPSA) is 49.4 Å². The van der Waals surface area contributed by atoms with Crippen molar-refractivity contribution in [3.8, 4) is 0 Å². The zero-order valence-electron chi connectivity index (χ0n) is 12.5. The molecular weight excluding hydrogens is 260 g/mol. The van der Waals surface area contributed by atoms with Crippen LogP contribution in [0.5, 0.6) is 0 Å². The maximum atomic E-state index is 11.9. The fraction of sp³-hybridized carbons (Fsp3) is 1.00. The largest absolute Gasteiger partial charge is 0.309 e. The highest BCUT2D eigenvalue weighted by Crippen LogP contribution is 2.27. The van der Waals surface area contributed by atoms with Gasteiger partial charge in [-0.05, 0) is 32.6 Å². The smallest absolute Gasteiger partial charge is 0.151 e. The number of nitrogens with one attached hydrogen (secondary N) is 1. The van der Waals surface area contributed by atoms with Gasteiger partial charge < -0.3 is 5.32 Å². The van der Waals surface area contributed by atoms with E-state index in [9.17, 15) is 8.42 Å². The minimum absolute atomic E-state index is 0.132. The van der Waals surface area contributed by atoms with E-state index >= 15 is 0 Å². The average Bonchev–Trinajstić information content (AvgIpc) is 2.37. The first-order valence-corrected chi connectivity index (χ1v) is 9.42. The highest BCUT2D eigenvalue weighted by Gasteiger charge is 2.39. The fourth-order valence-corrected chi connectivity index (χ4v) is 5.09. The van der Waals surface area contributed by atoms with Gasteiger partial charge in [0.25, 0.3) is 0 Å². The molecule has 0 aromatic heterocycles. The molecule has 2 aliphatic rings. The van der Waals surface area contributed by atoms with Crippen LogP contribution in [0.1, 0.15) is 46.5 Å². The van der Waals surface area contributed by atoms with Crippen LogP contribution in [0.15, 0.2) is 0 Å². The summed E-state index contributed by atoms with van der Waals surface area (Å²) in [6.07, 6.45) is 4.04. The van der Waals surface area contributed by atoms with Crippen molar-refractivity contribution in [1.82, 2.24) is 10.2 Å². The van der Waals surface area contributed by atoms with Crippen LogP contribution >= 0.6 is 0 Å². The predicted octanol–water partition coefficient (Wildman–Crippen LogP) is 1.42. The standard InChI is InChI=1S/C14H28N2O2S/c1-4-12-9-15-14(3,5-2)11-16(12)13-7-6-8-19(17,18)10-13/h12-13,15H,4-11H2,1-3H3. The lowest BCUT2D eigenvalue weighted by molar-refractivity contribution is 0.0464. The molecule has 0 aromatic rings. The fourth-order valence-electron chi connectivity index (χ4n) is 3.37. The second-order valence-electron chi connectivity index (χ2n) is 6.44. The number of nitrogens with zero attached hydrogens (tertiary/aromatic N) is 1. The molecule has 1 N–H and O–H groups in total. The van der Waals surface area contributed by atoms with Gasteiger partial charge in [0, 0.05) is 30.7 Å². The van der Waals surface area contributed by atoms with Crippen LogP contribution < -0.4 is 5.32 Å². The Morgan fingerprint density at radius 1 is 1.37 bits per heavy atom. The molecule has 2 heterocycles. The summed E-state index contributed by atoms with van der Waals surface area (Å²) < 4.78 is 23.8. The van der Waals surface area contributed by atoms with Gasteiger partial charge in [0.1, 0.15) is 0 Å². The Morgan fingerprint density at radius 3 is 2.68 bits per heavy atom. The van der Waals surface area contributed by atoms with E-state index in [2.05, 4.69) is 31.0 Å². The Bertz CT molecular complexity index is 410. The molecule has 5 heteroatoms. The van der Waals surface area contributed by atoms with Gasteiger partial charge in [0.15, 0.2) is 9.84 Å². The molecule has 0 bridgehead atoms. The van der Waals surface area contributed by atoms with E-state index in [1.807, 2.05) is 0 Å². The SMILES string of the molecule is CCC1CNC(C)(CC)CN1C1CCCS(=O)(=O)C1. The van der Waals surface area contributed by atoms with Gasteiger partial charge in [0.05, 0.1) is 11.5 Å². The molecule has 0 amide bonds. The quantitative estimate of drug-likeness (QED) is 0.853. The summed E-state index contributed by atoms with van der Waals surface area (Å²) in [5.74, 6) is 0.751. The second-order valence-corrected chi connectivity index (χ2v) is 8.67. The van der Waals surface area contributed by atoms with Crippen molar-refractivity contribution in [2.45, 2.75) is 64.1 Å². The first-order valence-electron chi connectivity index (χ1n) is 7.60. The van der Waals surface area contributed by atoms with Crippen molar-refractivity contribution in [1.29, 1.82) is 0 Å². The number of hydrogen-bond acceptors (Lipinski definition) is 4. The summed E-state index contributed by atoms with van der Waals surface area (Å²) in [5.41, 5.74) is 0.132. The first-order chi connectivity index (χ1) is 8.89. The third-order valence-electron chi connectivity index (χ3n) is 4.92. The van der Waals surface area contributed by atoms with Crippen LogP contribution in [0.25, 0.3) is 0 Å². The third-order valence-corrected chi connectivity index (χ3v) is 6.73. The summed E-state index contributed by atoms with van der Waals surface area (Å²) in [6, 6.07) is 0.717. The molecule has 0 radical (unpaired) electrons. The molecule has 0 aromatic carbocycles. The van der Waals surface area contributed by atoms with Crippen LogP contribution in [-0.4, -0.2) is 55.5 Å². The molecule has 3 unspecified atom stereocenters. The van der Waals surface area contributed by atoms with Gasteiger partial charge in [-0.15, -0.1) is 0 Å². The molecule has 0 aliphatic carbocycles. The molecule has 0 spiro atoms. The predicted molar refractivity (Wildman–Crippen MR) is 79.2 cm³/mol. The molecule has 2 saturated heterocycles. The van der Waals surface area contributed by atoms with E-state index in [-0.39, 0.29) is 11.6 Å². The summed E-state index contributed by atoms with van der Waals surface area (Å²) in [5, 5.41) is 3.64. The number of sulfone groups is 1. The van der Waals surface area contributed by atoms with Crippen molar-refractivity contribution in [3.63, 3.8) is 0 Å². The highest BCUT2D eigenvalue weighted by atomic mass is 32.2. The Morgan fingerprint density at radius 2 is 2.11 bits per heavy atom. The summed E-state index contributed by atoms with van der Waals surface area (Å²) in [7, 11) is -2.82. The van der Waals surface area contributed by atoms with Crippen LogP contribution in [0, 0.1) is 0 Å². The molecule has 112 valence electrons. The average molecular weight is 288 g/mol. The molecule has 2 aliphatic heterocycles. The van der Waals surface area contributed by atoms with Crippen LogP contribution in [-0.2, 0) is 9.84 Å². The summed E-state index contributed by atoms with van der Waals surface area (Å²) in [4.78, 5) is 2.48. The van der Waals surface area contributed by atoms with Gasteiger partial charge in [0.2, 0.25) is 0 Å². The van der Waals surface area contributed by atoms with Crippen molar-refractivity contribution < 1.29 is 8.42 Å². The highest BCUT2D eigenvalue weighted by molar-refractivity contribution is 7.91. The Hall–Kier alpha value is -0.130. The lowest BCUT2D eigenvalue weighted by Gasteiger charge is -2.49. The van der Waals surface area contributed by atoms with Gasteiger partial charge in [-0.3, -0.25) is 4.90 Å². The van der Waals surface area contributed by atoms with Gasteiger partial charge in [-0.25, -0.2) is 8.42 Å². The van der Waals surface area contributed by atoms with E-state index in [1.165, 1.54) is 0 Å². The zero-order chi connectivity index (χ0) is 14.1. The van der Waals surface area contributed by atoms with Crippen LogP contribution in [0.3, 0.4) is 0 Å². The first kappa shape index (κ1) is 15.3. The van der Waals surface area contributed by atoms with Crippen molar-refractivity contribution in [2.24, 2.45) is 0 Å². The molecular formula is C14H28N2O2S. The Balaban J connectivity index is 2.14. The molecule has 2 fully saturated rings. The van der Waals surface area contributed by atoms with E-state index in [4.69, 9.17) is 0 Å². The number of piperazine rings is 1. The molecule has 3 atom stereocenters. The number of rotatable bonds is 3. The molecule has 0 saturated carbocycles. The lowest BCUT2D eigenvalue weighted by Crippen LogP contribution is -2.65. The van der Waals surface area contributed by atoms with Crippen LogP contribution in [0.2, 0.25) is 0 Å². The van der Waals surface area contributed by atoms with Crippen molar-refractivity contribution >= 4 is 9.84 Å². The van der Waals surface area contributed by atoms with Crippen molar-refractivity contribution in [2.75, 3.05) is 24.6 Å².